The van der Waals surface area contributed by atoms with Gasteiger partial charge in [0.1, 0.15) is 12.4 Å². The van der Waals surface area contributed by atoms with Crippen molar-refractivity contribution in [2.24, 2.45) is 0 Å². The van der Waals surface area contributed by atoms with Crippen molar-refractivity contribution < 1.29 is 9.47 Å². The van der Waals surface area contributed by atoms with E-state index < -0.39 is 0 Å². The summed E-state index contributed by atoms with van der Waals surface area (Å²) >= 11 is 5.53. The monoisotopic (exact) mass is 214 g/mol. The lowest BCUT2D eigenvalue weighted by Gasteiger charge is -2.06. The second-order valence-electron chi connectivity index (χ2n) is 2.93. The van der Waals surface area contributed by atoms with Crippen LogP contribution >= 0.6 is 11.6 Å². The van der Waals surface area contributed by atoms with Crippen molar-refractivity contribution in [2.45, 2.75) is 6.42 Å². The van der Waals surface area contributed by atoms with Crippen molar-refractivity contribution in [3.63, 3.8) is 0 Å². The molecular formula is C11H15ClO2. The van der Waals surface area contributed by atoms with Crippen LogP contribution in [0, 0.1) is 0 Å². The largest absolute Gasteiger partial charge is 0.492 e. The summed E-state index contributed by atoms with van der Waals surface area (Å²) in [6.45, 7) is 1.29. The highest BCUT2D eigenvalue weighted by Crippen LogP contribution is 2.13. The zero-order valence-corrected chi connectivity index (χ0v) is 9.09. The van der Waals surface area contributed by atoms with Crippen molar-refractivity contribution in [1.29, 1.82) is 0 Å². The average Bonchev–Trinajstić information content (AvgIpc) is 2.24. The molecule has 1 rings (SSSR count). The summed E-state index contributed by atoms with van der Waals surface area (Å²) in [7, 11) is 1.70. The lowest BCUT2D eigenvalue weighted by molar-refractivity contribution is 0.202. The molecule has 0 aliphatic rings. The highest BCUT2D eigenvalue weighted by Gasteiger charge is 1.96. The summed E-state index contributed by atoms with van der Waals surface area (Å²) in [6.07, 6.45) is 0.911. The summed E-state index contributed by atoms with van der Waals surface area (Å²) in [4.78, 5) is 0. The number of halogens is 1. The van der Waals surface area contributed by atoms with Crippen LogP contribution in [0.1, 0.15) is 5.56 Å². The first-order valence-electron chi connectivity index (χ1n) is 4.63. The lowest BCUT2D eigenvalue weighted by Crippen LogP contribution is -1.99. The Labute approximate surface area is 89.8 Å². The molecule has 0 fully saturated rings. The Morgan fingerprint density at radius 1 is 1.29 bits per heavy atom. The molecule has 0 aromatic heterocycles. The van der Waals surface area contributed by atoms with E-state index in [1.165, 1.54) is 5.56 Å². The molecule has 0 bridgehead atoms. The first-order chi connectivity index (χ1) is 6.86. The van der Waals surface area contributed by atoms with E-state index in [1.54, 1.807) is 7.11 Å². The van der Waals surface area contributed by atoms with Gasteiger partial charge in [0.05, 0.1) is 12.5 Å². The number of alkyl halides is 1. The van der Waals surface area contributed by atoms with Gasteiger partial charge < -0.3 is 9.47 Å². The highest BCUT2D eigenvalue weighted by atomic mass is 35.5. The number of ether oxygens (including phenoxy) is 2. The zero-order chi connectivity index (χ0) is 10.2. The molecule has 0 heterocycles. The molecule has 2 nitrogen and oxygen atoms in total. The number of rotatable bonds is 6. The van der Waals surface area contributed by atoms with E-state index in [0.29, 0.717) is 12.5 Å². The van der Waals surface area contributed by atoms with Gasteiger partial charge in [-0.3, -0.25) is 0 Å². The van der Waals surface area contributed by atoms with Crippen LogP contribution in [0.15, 0.2) is 24.3 Å². The summed E-state index contributed by atoms with van der Waals surface area (Å²) < 4.78 is 10.4. The van der Waals surface area contributed by atoms with Gasteiger partial charge in [0.25, 0.3) is 0 Å². The molecule has 0 aliphatic carbocycles. The standard InChI is InChI=1S/C11H15ClO2/c1-13-7-5-10-3-2-4-11(9-10)14-8-6-12/h2-4,9H,5-8H2,1H3. The number of methoxy groups -OCH3 is 1. The Morgan fingerprint density at radius 3 is 2.86 bits per heavy atom. The van der Waals surface area contributed by atoms with Gasteiger partial charge in [0, 0.05) is 7.11 Å². The summed E-state index contributed by atoms with van der Waals surface area (Å²) in [5, 5.41) is 0. The fraction of sp³-hybridized carbons (Fsp3) is 0.455. The Hall–Kier alpha value is -0.730. The fourth-order valence-electron chi connectivity index (χ4n) is 1.17. The summed E-state index contributed by atoms with van der Waals surface area (Å²) in [5.74, 6) is 1.39. The van der Waals surface area contributed by atoms with Gasteiger partial charge in [-0.15, -0.1) is 11.6 Å². The maximum absolute atomic E-state index is 5.53. The summed E-state index contributed by atoms with van der Waals surface area (Å²) in [6, 6.07) is 8.00. The normalized spacial score (nSPS) is 10.1. The molecule has 1 aromatic rings. The van der Waals surface area contributed by atoms with Gasteiger partial charge in [-0.2, -0.15) is 0 Å². The van der Waals surface area contributed by atoms with Crippen molar-refractivity contribution in [2.75, 3.05) is 26.2 Å². The van der Waals surface area contributed by atoms with E-state index in [4.69, 9.17) is 21.1 Å². The van der Waals surface area contributed by atoms with Gasteiger partial charge in [-0.05, 0) is 24.1 Å². The zero-order valence-electron chi connectivity index (χ0n) is 8.33. The van der Waals surface area contributed by atoms with E-state index in [2.05, 4.69) is 6.07 Å². The molecule has 14 heavy (non-hydrogen) atoms. The minimum atomic E-state index is 0.516. The maximum Gasteiger partial charge on any atom is 0.119 e. The minimum absolute atomic E-state index is 0.516. The minimum Gasteiger partial charge on any atom is -0.492 e. The highest BCUT2D eigenvalue weighted by molar-refractivity contribution is 6.17. The number of hydrogen-bond donors (Lipinski definition) is 0. The van der Waals surface area contributed by atoms with E-state index in [9.17, 15) is 0 Å². The maximum atomic E-state index is 5.53. The SMILES string of the molecule is COCCc1cccc(OCCCl)c1. The van der Waals surface area contributed by atoms with Crippen LogP contribution < -0.4 is 4.74 Å². The molecule has 0 N–H and O–H groups in total. The van der Waals surface area contributed by atoms with Crippen molar-refractivity contribution >= 4 is 11.6 Å². The van der Waals surface area contributed by atoms with E-state index in [0.717, 1.165) is 18.8 Å². The van der Waals surface area contributed by atoms with Crippen LogP contribution in [0.3, 0.4) is 0 Å². The van der Waals surface area contributed by atoms with E-state index >= 15 is 0 Å². The topological polar surface area (TPSA) is 18.5 Å². The van der Waals surface area contributed by atoms with E-state index in [-0.39, 0.29) is 0 Å². The molecule has 78 valence electrons. The van der Waals surface area contributed by atoms with E-state index in [1.807, 2.05) is 18.2 Å². The fourth-order valence-corrected chi connectivity index (χ4v) is 1.24. The van der Waals surface area contributed by atoms with Gasteiger partial charge in [-0.1, -0.05) is 12.1 Å². The van der Waals surface area contributed by atoms with Gasteiger partial charge in [0.15, 0.2) is 0 Å². The van der Waals surface area contributed by atoms with Crippen LogP contribution in [0.2, 0.25) is 0 Å². The molecule has 0 saturated carbocycles. The molecule has 0 aliphatic heterocycles. The average molecular weight is 215 g/mol. The van der Waals surface area contributed by atoms with Gasteiger partial charge in [-0.25, -0.2) is 0 Å². The Bertz CT molecular complexity index is 240. The number of benzene rings is 1. The van der Waals surface area contributed by atoms with Crippen LogP contribution in [0.4, 0.5) is 0 Å². The molecule has 3 heteroatoms. The predicted octanol–water partition coefficient (Wildman–Crippen LogP) is 2.49. The Balaban J connectivity index is 2.50. The summed E-state index contributed by atoms with van der Waals surface area (Å²) in [5.41, 5.74) is 1.22. The van der Waals surface area contributed by atoms with Crippen molar-refractivity contribution in [3.8, 4) is 5.75 Å². The Kier molecular flexibility index (Phi) is 5.42. The van der Waals surface area contributed by atoms with Gasteiger partial charge in [0.2, 0.25) is 0 Å². The first kappa shape index (κ1) is 11.3. The quantitative estimate of drug-likeness (QED) is 0.678. The molecule has 0 unspecified atom stereocenters. The molecule has 0 spiro atoms. The van der Waals surface area contributed by atoms with Crippen molar-refractivity contribution in [3.05, 3.63) is 29.8 Å². The molecule has 0 saturated heterocycles. The molecular weight excluding hydrogens is 200 g/mol. The second-order valence-corrected chi connectivity index (χ2v) is 3.31. The third-order valence-electron chi connectivity index (χ3n) is 1.84. The molecule has 0 atom stereocenters. The van der Waals surface area contributed by atoms with Crippen LogP contribution in [-0.2, 0) is 11.2 Å². The smallest absolute Gasteiger partial charge is 0.119 e. The van der Waals surface area contributed by atoms with Crippen LogP contribution in [-0.4, -0.2) is 26.2 Å². The van der Waals surface area contributed by atoms with Crippen molar-refractivity contribution in [1.82, 2.24) is 0 Å². The van der Waals surface area contributed by atoms with Crippen LogP contribution in [0.25, 0.3) is 0 Å². The molecule has 0 amide bonds. The molecule has 0 radical (unpaired) electrons. The van der Waals surface area contributed by atoms with Crippen LogP contribution in [0.5, 0.6) is 5.75 Å². The third-order valence-corrected chi connectivity index (χ3v) is 1.99. The molecule has 1 aromatic carbocycles. The van der Waals surface area contributed by atoms with Gasteiger partial charge >= 0.3 is 0 Å². The third kappa shape index (κ3) is 3.99. The first-order valence-corrected chi connectivity index (χ1v) is 5.17. The number of hydrogen-bond acceptors (Lipinski definition) is 2. The predicted molar refractivity (Wildman–Crippen MR) is 58.2 cm³/mol. The second kappa shape index (κ2) is 6.68. The lowest BCUT2D eigenvalue weighted by atomic mass is 10.1. The Morgan fingerprint density at radius 2 is 2.14 bits per heavy atom.